The molecule has 1 saturated heterocycles. The van der Waals surface area contributed by atoms with E-state index in [0.717, 1.165) is 11.1 Å². The van der Waals surface area contributed by atoms with Crippen LogP contribution >= 0.6 is 0 Å². The van der Waals surface area contributed by atoms with Crippen molar-refractivity contribution in [3.05, 3.63) is 58.1 Å². The summed E-state index contributed by atoms with van der Waals surface area (Å²) in [5.41, 5.74) is 3.54. The largest absolute Gasteiger partial charge is 0.494 e. The molecule has 9 heteroatoms. The average molecular weight is 519 g/mol. The van der Waals surface area contributed by atoms with E-state index in [1.165, 1.54) is 4.90 Å². The van der Waals surface area contributed by atoms with Crippen molar-refractivity contribution in [1.82, 2.24) is 10.2 Å². The van der Waals surface area contributed by atoms with Crippen molar-refractivity contribution in [2.75, 3.05) is 25.1 Å². The van der Waals surface area contributed by atoms with Crippen LogP contribution < -0.4 is 15.0 Å². The summed E-state index contributed by atoms with van der Waals surface area (Å²) in [6, 6.07) is 8.75. The summed E-state index contributed by atoms with van der Waals surface area (Å²) in [6.07, 6.45) is 0.516. The molecule has 2 aliphatic rings. The first kappa shape index (κ1) is 27.0. The third kappa shape index (κ3) is 5.18. The first-order valence-corrected chi connectivity index (χ1v) is 12.8. The van der Waals surface area contributed by atoms with Crippen LogP contribution in [0.2, 0.25) is 0 Å². The van der Waals surface area contributed by atoms with Crippen molar-refractivity contribution in [3.8, 4) is 5.75 Å². The lowest BCUT2D eigenvalue weighted by Crippen LogP contribution is -2.32. The van der Waals surface area contributed by atoms with E-state index in [1.54, 1.807) is 36.2 Å². The van der Waals surface area contributed by atoms with Crippen molar-refractivity contribution in [3.63, 3.8) is 0 Å². The Morgan fingerprint density at radius 3 is 2.37 bits per heavy atom. The summed E-state index contributed by atoms with van der Waals surface area (Å²) in [5, 5.41) is 11.3. The molecule has 0 bridgehead atoms. The number of hydrogen-bond acceptors (Lipinski definition) is 6. The number of carbonyl (C=O) groups is 4. The number of amides is 3. The fraction of sp³-hybridized carbons (Fsp3) is 0.414. The minimum absolute atomic E-state index is 0.00718. The highest BCUT2D eigenvalue weighted by Crippen LogP contribution is 2.36. The van der Waals surface area contributed by atoms with E-state index in [0.29, 0.717) is 41.3 Å². The second-order valence-electron chi connectivity index (χ2n) is 10.6. The third-order valence-corrected chi connectivity index (χ3v) is 6.90. The zero-order valence-corrected chi connectivity index (χ0v) is 22.6. The molecule has 38 heavy (non-hydrogen) atoms. The summed E-state index contributed by atoms with van der Waals surface area (Å²) in [7, 11) is 1.57. The Balaban J connectivity index is 1.59. The van der Waals surface area contributed by atoms with Gasteiger partial charge < -0.3 is 15.0 Å². The number of likely N-dealkylation sites (N-methyl/N-ethyl adjacent to an activating group) is 1. The predicted octanol–water partition coefficient (Wildman–Crippen LogP) is 3.35. The van der Waals surface area contributed by atoms with Crippen molar-refractivity contribution in [2.24, 2.45) is 0 Å². The Kier molecular flexibility index (Phi) is 7.40. The second kappa shape index (κ2) is 10.4. The van der Waals surface area contributed by atoms with Gasteiger partial charge in [-0.15, -0.1) is 0 Å². The molecule has 200 valence electrons. The van der Waals surface area contributed by atoms with Gasteiger partial charge in [0.1, 0.15) is 11.6 Å². The van der Waals surface area contributed by atoms with E-state index in [2.05, 4.69) is 5.32 Å². The maximum atomic E-state index is 13.4. The summed E-state index contributed by atoms with van der Waals surface area (Å²) in [4.78, 5) is 53.1. The lowest BCUT2D eigenvalue weighted by Gasteiger charge is -2.27. The molecule has 0 saturated carbocycles. The SMILES string of the molecule is CCOc1cc2c(cc1CC(=O)NC)C(=N)N(CC(=O)c1ccc(N3C(=O)CCC3=O)c(C(C)(C)C)c1)C2. The number of nitrogens with one attached hydrogen (secondary N) is 2. The van der Waals surface area contributed by atoms with E-state index in [4.69, 9.17) is 10.1 Å². The number of benzene rings is 2. The van der Waals surface area contributed by atoms with E-state index in [1.807, 2.05) is 33.8 Å². The molecule has 2 heterocycles. The lowest BCUT2D eigenvalue weighted by atomic mass is 9.84. The molecular formula is C29H34N4O5. The highest BCUT2D eigenvalue weighted by atomic mass is 16.5. The monoisotopic (exact) mass is 518 g/mol. The number of ketones is 1. The first-order chi connectivity index (χ1) is 17.9. The van der Waals surface area contributed by atoms with Crippen LogP contribution in [0.15, 0.2) is 30.3 Å². The van der Waals surface area contributed by atoms with Gasteiger partial charge in [0, 0.05) is 43.1 Å². The third-order valence-electron chi connectivity index (χ3n) is 6.90. The summed E-state index contributed by atoms with van der Waals surface area (Å²) >= 11 is 0. The van der Waals surface area contributed by atoms with Crippen molar-refractivity contribution in [2.45, 2.75) is 58.9 Å². The lowest BCUT2D eigenvalue weighted by molar-refractivity contribution is -0.121. The van der Waals surface area contributed by atoms with Crippen LogP contribution in [-0.4, -0.2) is 54.4 Å². The van der Waals surface area contributed by atoms with Crippen LogP contribution in [0.5, 0.6) is 5.75 Å². The number of anilines is 1. The van der Waals surface area contributed by atoms with Gasteiger partial charge in [0.25, 0.3) is 0 Å². The molecule has 9 nitrogen and oxygen atoms in total. The van der Waals surface area contributed by atoms with Gasteiger partial charge >= 0.3 is 0 Å². The molecule has 0 aliphatic carbocycles. The summed E-state index contributed by atoms with van der Waals surface area (Å²) in [6.45, 7) is 8.61. The maximum Gasteiger partial charge on any atom is 0.234 e. The molecule has 2 aromatic carbocycles. The number of ether oxygens (including phenoxy) is 1. The molecule has 0 radical (unpaired) electrons. The van der Waals surface area contributed by atoms with Gasteiger partial charge in [0.2, 0.25) is 17.7 Å². The minimum Gasteiger partial charge on any atom is -0.494 e. The summed E-state index contributed by atoms with van der Waals surface area (Å²) in [5.74, 6) is 0.0324. The van der Waals surface area contributed by atoms with Crippen LogP contribution in [0.4, 0.5) is 5.69 Å². The van der Waals surface area contributed by atoms with Crippen LogP contribution in [0.3, 0.4) is 0 Å². The normalized spacial score (nSPS) is 15.2. The predicted molar refractivity (Wildman–Crippen MR) is 144 cm³/mol. The number of fused-ring (bicyclic) bond motifs is 1. The number of amidine groups is 1. The molecule has 0 spiro atoms. The quantitative estimate of drug-likeness (QED) is 0.409. The van der Waals surface area contributed by atoms with E-state index < -0.39 is 5.41 Å². The second-order valence-corrected chi connectivity index (χ2v) is 10.6. The molecule has 2 aliphatic heterocycles. The smallest absolute Gasteiger partial charge is 0.234 e. The van der Waals surface area contributed by atoms with Crippen LogP contribution in [-0.2, 0) is 32.8 Å². The number of nitrogens with zero attached hydrogens (tertiary/aromatic N) is 2. The highest BCUT2D eigenvalue weighted by molar-refractivity contribution is 6.20. The number of hydrogen-bond donors (Lipinski definition) is 2. The fourth-order valence-corrected chi connectivity index (χ4v) is 4.91. The van der Waals surface area contributed by atoms with Crippen molar-refractivity contribution < 1.29 is 23.9 Å². The molecule has 0 atom stereocenters. The van der Waals surface area contributed by atoms with E-state index in [-0.39, 0.29) is 55.1 Å². The maximum absolute atomic E-state index is 13.4. The van der Waals surface area contributed by atoms with Gasteiger partial charge in [-0.3, -0.25) is 29.5 Å². The van der Waals surface area contributed by atoms with E-state index >= 15 is 0 Å². The molecule has 0 aromatic heterocycles. The topological polar surface area (TPSA) is 120 Å². The van der Waals surface area contributed by atoms with Crippen molar-refractivity contribution >= 4 is 35.0 Å². The first-order valence-electron chi connectivity index (χ1n) is 12.8. The Morgan fingerprint density at radius 1 is 1.08 bits per heavy atom. The highest BCUT2D eigenvalue weighted by Gasteiger charge is 2.35. The number of Topliss-reactive ketones (excluding diaryl/α,β-unsaturated/α-hetero) is 1. The van der Waals surface area contributed by atoms with Crippen LogP contribution in [0.25, 0.3) is 0 Å². The Labute approximate surface area is 222 Å². The fourth-order valence-electron chi connectivity index (χ4n) is 4.91. The molecular weight excluding hydrogens is 484 g/mol. The van der Waals surface area contributed by atoms with Gasteiger partial charge in [0.05, 0.1) is 25.3 Å². The van der Waals surface area contributed by atoms with Gasteiger partial charge in [-0.2, -0.15) is 0 Å². The van der Waals surface area contributed by atoms with Gasteiger partial charge in [-0.25, -0.2) is 0 Å². The molecule has 1 fully saturated rings. The standard InChI is InChI=1S/C29H34N4O5/c1-6-38-24-13-19-15-32(28(30)20(19)11-18(24)14-25(35)31-5)16-23(34)17-7-8-22(21(12-17)29(2,3)4)33-26(36)9-10-27(33)37/h7-8,11-13,30H,6,9-10,14-16H2,1-5H3,(H,31,35). The summed E-state index contributed by atoms with van der Waals surface area (Å²) < 4.78 is 5.75. The van der Waals surface area contributed by atoms with Gasteiger partial charge in [0.15, 0.2) is 5.78 Å². The zero-order valence-electron chi connectivity index (χ0n) is 22.6. The Bertz CT molecular complexity index is 1330. The van der Waals surface area contributed by atoms with Crippen LogP contribution in [0.1, 0.15) is 73.1 Å². The Hall–Kier alpha value is -4.01. The van der Waals surface area contributed by atoms with Gasteiger partial charge in [-0.1, -0.05) is 20.8 Å². The molecule has 2 aromatic rings. The van der Waals surface area contributed by atoms with Gasteiger partial charge in [-0.05, 0) is 53.8 Å². The molecule has 3 amide bonds. The number of imide groups is 1. The number of rotatable bonds is 8. The van der Waals surface area contributed by atoms with E-state index in [9.17, 15) is 19.2 Å². The Morgan fingerprint density at radius 2 is 1.76 bits per heavy atom. The molecule has 2 N–H and O–H groups in total. The molecule has 4 rings (SSSR count). The van der Waals surface area contributed by atoms with Crippen LogP contribution in [0, 0.1) is 5.41 Å². The number of carbonyl (C=O) groups excluding carboxylic acids is 4. The molecule has 0 unspecified atom stereocenters. The average Bonchev–Trinajstić information content (AvgIpc) is 3.35. The minimum atomic E-state index is -0.414. The van der Waals surface area contributed by atoms with Crippen molar-refractivity contribution in [1.29, 1.82) is 5.41 Å². The zero-order chi connectivity index (χ0) is 27.8.